The molecule has 2 amide bonds. The average molecular weight is 564 g/mol. The Morgan fingerprint density at radius 1 is 1.12 bits per heavy atom. The second-order valence-electron chi connectivity index (χ2n) is 11.1. The number of pyridine rings is 1. The predicted octanol–water partition coefficient (Wildman–Crippen LogP) is 1.82. The monoisotopic (exact) mass is 563 g/mol. The number of nitrogens with zero attached hydrogens (tertiary/aromatic N) is 5. The van der Waals surface area contributed by atoms with Crippen molar-refractivity contribution in [1.29, 1.82) is 5.26 Å². The van der Waals surface area contributed by atoms with E-state index in [1.165, 1.54) is 0 Å². The summed E-state index contributed by atoms with van der Waals surface area (Å²) >= 11 is 0. The largest absolute Gasteiger partial charge is 0.402 e. The first-order chi connectivity index (χ1) is 19.2. The van der Waals surface area contributed by atoms with E-state index >= 15 is 0 Å². The number of nitriles is 1. The number of hydrogen-bond donors (Lipinski definition) is 2. The Hall–Kier alpha value is -2.95. The summed E-state index contributed by atoms with van der Waals surface area (Å²) in [7, 11) is 0. The van der Waals surface area contributed by atoms with E-state index < -0.39 is 24.0 Å². The summed E-state index contributed by atoms with van der Waals surface area (Å²) in [6.45, 7) is 3.36. The number of anilines is 1. The first-order valence-electron chi connectivity index (χ1n) is 14.1. The lowest BCUT2D eigenvalue weighted by Gasteiger charge is -2.41. The topological polar surface area (TPSA) is 114 Å². The zero-order valence-corrected chi connectivity index (χ0v) is 22.4. The van der Waals surface area contributed by atoms with Crippen molar-refractivity contribution in [2.75, 3.05) is 50.8 Å². The van der Waals surface area contributed by atoms with Crippen LogP contribution in [0.1, 0.15) is 44.1 Å². The molecule has 0 radical (unpaired) electrons. The van der Waals surface area contributed by atoms with E-state index in [1.807, 2.05) is 11.0 Å². The molecule has 2 N–H and O–H groups in total. The molecule has 0 aromatic carbocycles. The molecular weight excluding hydrogens is 527 g/mol. The van der Waals surface area contributed by atoms with Gasteiger partial charge in [-0.05, 0) is 50.8 Å². The van der Waals surface area contributed by atoms with Crippen LogP contribution in [0.25, 0.3) is 0 Å². The smallest absolute Gasteiger partial charge is 0.377 e. The Kier molecular flexibility index (Phi) is 8.77. The number of piperazine rings is 1. The number of carbonyl (C=O) groups is 2. The van der Waals surface area contributed by atoms with Crippen LogP contribution in [0.2, 0.25) is 0 Å². The van der Waals surface area contributed by atoms with Gasteiger partial charge >= 0.3 is 6.18 Å². The molecule has 4 fully saturated rings. The number of alkyl halides is 3. The Balaban J connectivity index is 1.11. The van der Waals surface area contributed by atoms with E-state index in [9.17, 15) is 22.8 Å². The normalized spacial score (nSPS) is 30.1. The number of hydrazine groups is 1. The molecule has 2 unspecified atom stereocenters. The van der Waals surface area contributed by atoms with Crippen LogP contribution < -0.4 is 15.8 Å². The van der Waals surface area contributed by atoms with E-state index in [0.717, 1.165) is 37.9 Å². The van der Waals surface area contributed by atoms with Crippen LogP contribution in [0.3, 0.4) is 0 Å². The van der Waals surface area contributed by atoms with Crippen molar-refractivity contribution in [1.82, 2.24) is 25.6 Å². The van der Waals surface area contributed by atoms with Crippen molar-refractivity contribution < 1.29 is 27.5 Å². The maximum atomic E-state index is 13.7. The van der Waals surface area contributed by atoms with Crippen LogP contribution in [0, 0.1) is 23.2 Å². The van der Waals surface area contributed by atoms with E-state index in [1.54, 1.807) is 17.2 Å². The summed E-state index contributed by atoms with van der Waals surface area (Å²) in [4.78, 5) is 35.6. The highest BCUT2D eigenvalue weighted by Crippen LogP contribution is 2.36. The molecule has 4 heterocycles. The SMILES string of the molecule is N#Cc1ccc(N2CCN(C(=O)[C@H]3CCC[C@H](OC[C@@H]4CCCN4C4CNNC(=O)C4C(F)(F)F)C3)CC2)nc1. The fraction of sp³-hybridized carbons (Fsp3) is 0.704. The molecule has 5 atom stereocenters. The molecule has 0 spiro atoms. The van der Waals surface area contributed by atoms with Gasteiger partial charge < -0.3 is 14.5 Å². The van der Waals surface area contributed by atoms with E-state index in [2.05, 4.69) is 26.8 Å². The van der Waals surface area contributed by atoms with E-state index in [0.29, 0.717) is 51.3 Å². The van der Waals surface area contributed by atoms with Crippen LogP contribution in [-0.2, 0) is 14.3 Å². The van der Waals surface area contributed by atoms with Crippen LogP contribution in [0.15, 0.2) is 18.3 Å². The second kappa shape index (κ2) is 12.3. The Labute approximate surface area is 231 Å². The lowest BCUT2D eigenvalue weighted by Crippen LogP contribution is -2.65. The Bertz CT molecular complexity index is 1090. The standard InChI is InChI=1S/C27H36F3N7O3/c28-27(29,30)24-22(16-33-34-25(24)38)37-8-2-4-20(37)17-40-21-5-1-3-19(13-21)26(39)36-11-9-35(10-12-36)23-7-6-18(14-31)15-32-23/h6-7,15,19-22,24,33H,1-5,8-13,16-17H2,(H,34,38)/t19-,20-,21-,22?,24?/m0/s1. The first-order valence-corrected chi connectivity index (χ1v) is 14.1. The van der Waals surface area contributed by atoms with Gasteiger partial charge in [0.15, 0.2) is 5.92 Å². The maximum Gasteiger partial charge on any atom is 0.402 e. The van der Waals surface area contributed by atoms with Gasteiger partial charge in [-0.25, -0.2) is 10.4 Å². The molecule has 4 aliphatic rings. The lowest BCUT2D eigenvalue weighted by atomic mass is 9.86. The van der Waals surface area contributed by atoms with Crippen molar-refractivity contribution in [3.8, 4) is 6.07 Å². The predicted molar refractivity (Wildman–Crippen MR) is 139 cm³/mol. The molecular formula is C27H36F3N7O3. The number of rotatable bonds is 6. The number of likely N-dealkylation sites (tertiary alicyclic amines) is 1. The van der Waals surface area contributed by atoms with Gasteiger partial charge in [0.1, 0.15) is 11.9 Å². The number of halogens is 3. The van der Waals surface area contributed by atoms with Crippen LogP contribution in [-0.4, -0.2) is 96.8 Å². The Morgan fingerprint density at radius 3 is 2.62 bits per heavy atom. The van der Waals surface area contributed by atoms with Gasteiger partial charge in [0.05, 0.1) is 18.3 Å². The number of nitrogens with one attached hydrogen (secondary N) is 2. The van der Waals surface area contributed by atoms with Crippen LogP contribution in [0.5, 0.6) is 0 Å². The van der Waals surface area contributed by atoms with E-state index in [-0.39, 0.29) is 30.5 Å². The van der Waals surface area contributed by atoms with Gasteiger partial charge in [-0.2, -0.15) is 18.4 Å². The van der Waals surface area contributed by atoms with Crippen molar-refractivity contribution in [2.45, 2.75) is 62.9 Å². The van der Waals surface area contributed by atoms with Crippen LogP contribution in [0.4, 0.5) is 19.0 Å². The zero-order chi connectivity index (χ0) is 28.3. The molecule has 5 rings (SSSR count). The van der Waals surface area contributed by atoms with Gasteiger partial charge in [-0.1, -0.05) is 6.42 Å². The minimum absolute atomic E-state index is 0.0287. The maximum absolute atomic E-state index is 13.7. The average Bonchev–Trinajstić information content (AvgIpc) is 3.44. The van der Waals surface area contributed by atoms with Gasteiger partial charge in [0.2, 0.25) is 11.8 Å². The third-order valence-electron chi connectivity index (χ3n) is 8.68. The highest BCUT2D eigenvalue weighted by molar-refractivity contribution is 5.80. The number of amides is 2. The second-order valence-corrected chi connectivity index (χ2v) is 11.1. The number of aromatic nitrogens is 1. The van der Waals surface area contributed by atoms with Gasteiger partial charge in [0, 0.05) is 56.9 Å². The number of carbonyl (C=O) groups excluding carboxylic acids is 2. The molecule has 218 valence electrons. The van der Waals surface area contributed by atoms with Gasteiger partial charge in [-0.15, -0.1) is 0 Å². The number of hydrogen-bond acceptors (Lipinski definition) is 8. The highest BCUT2D eigenvalue weighted by Gasteiger charge is 2.54. The molecule has 1 aliphatic carbocycles. The summed E-state index contributed by atoms with van der Waals surface area (Å²) in [5, 5.41) is 8.96. The molecule has 40 heavy (non-hydrogen) atoms. The van der Waals surface area contributed by atoms with Crippen molar-refractivity contribution >= 4 is 17.6 Å². The summed E-state index contributed by atoms with van der Waals surface area (Å²) in [6, 6.07) is 4.47. The summed E-state index contributed by atoms with van der Waals surface area (Å²) in [5.41, 5.74) is 5.25. The minimum Gasteiger partial charge on any atom is -0.377 e. The summed E-state index contributed by atoms with van der Waals surface area (Å²) in [6.07, 6.45) is 1.41. The third-order valence-corrected chi connectivity index (χ3v) is 8.68. The van der Waals surface area contributed by atoms with Crippen LogP contribution >= 0.6 is 0 Å². The number of ether oxygens (including phenoxy) is 1. The molecule has 1 aromatic heterocycles. The Morgan fingerprint density at radius 2 is 1.93 bits per heavy atom. The molecule has 3 saturated heterocycles. The fourth-order valence-electron chi connectivity index (χ4n) is 6.58. The highest BCUT2D eigenvalue weighted by atomic mass is 19.4. The van der Waals surface area contributed by atoms with Crippen molar-refractivity contribution in [2.24, 2.45) is 11.8 Å². The minimum atomic E-state index is -4.62. The summed E-state index contributed by atoms with van der Waals surface area (Å²) in [5.74, 6) is -2.31. The van der Waals surface area contributed by atoms with Gasteiger partial charge in [0.25, 0.3) is 0 Å². The van der Waals surface area contributed by atoms with Gasteiger partial charge in [-0.3, -0.25) is 19.9 Å². The molecule has 1 saturated carbocycles. The third kappa shape index (κ3) is 6.34. The quantitative estimate of drug-likeness (QED) is 0.539. The molecule has 0 bridgehead atoms. The van der Waals surface area contributed by atoms with Crippen molar-refractivity contribution in [3.05, 3.63) is 23.9 Å². The van der Waals surface area contributed by atoms with E-state index in [4.69, 9.17) is 10.00 Å². The zero-order valence-electron chi connectivity index (χ0n) is 22.4. The fourth-order valence-corrected chi connectivity index (χ4v) is 6.58. The molecule has 10 nitrogen and oxygen atoms in total. The lowest BCUT2D eigenvalue weighted by molar-refractivity contribution is -0.202. The molecule has 1 aromatic rings. The summed E-state index contributed by atoms with van der Waals surface area (Å²) < 4.78 is 47.4. The van der Waals surface area contributed by atoms with Crippen molar-refractivity contribution in [3.63, 3.8) is 0 Å². The first kappa shape index (κ1) is 28.6. The molecule has 3 aliphatic heterocycles. The molecule has 13 heteroatoms.